The van der Waals surface area contributed by atoms with Crippen LogP contribution >= 0.6 is 46.5 Å². The van der Waals surface area contributed by atoms with Crippen molar-refractivity contribution in [2.24, 2.45) is 0 Å². The number of anilines is 1. The first-order valence-corrected chi connectivity index (χ1v) is 12.7. The SMILES string of the molecule is CSc1cccc2sc(N(CCN(C)C)C(=O)CCSc3ccc(Cl)cc3)nc12. The van der Waals surface area contributed by atoms with Gasteiger partial charge in [-0.25, -0.2) is 4.98 Å². The molecule has 154 valence electrons. The van der Waals surface area contributed by atoms with Crippen LogP contribution in [0.15, 0.2) is 52.3 Å². The summed E-state index contributed by atoms with van der Waals surface area (Å²) in [6.07, 6.45) is 2.52. The Labute approximate surface area is 189 Å². The number of carbonyl (C=O) groups excluding carboxylic acids is 1. The van der Waals surface area contributed by atoms with Gasteiger partial charge in [0.1, 0.15) is 0 Å². The Hall–Kier alpha value is -1.25. The topological polar surface area (TPSA) is 36.4 Å². The van der Waals surface area contributed by atoms with Gasteiger partial charge >= 0.3 is 0 Å². The summed E-state index contributed by atoms with van der Waals surface area (Å²) in [4.78, 5) is 24.1. The van der Waals surface area contributed by atoms with Gasteiger partial charge in [0.05, 0.1) is 10.2 Å². The molecule has 0 bridgehead atoms. The Bertz CT molecular complexity index is 959. The highest BCUT2D eigenvalue weighted by molar-refractivity contribution is 7.99. The minimum atomic E-state index is 0.109. The molecule has 0 saturated carbocycles. The number of para-hydroxylation sites is 1. The van der Waals surface area contributed by atoms with Crippen molar-refractivity contribution in [3.8, 4) is 0 Å². The summed E-state index contributed by atoms with van der Waals surface area (Å²) in [5.41, 5.74) is 0.984. The van der Waals surface area contributed by atoms with Crippen LogP contribution in [0.5, 0.6) is 0 Å². The van der Waals surface area contributed by atoms with Gasteiger partial charge in [-0.15, -0.1) is 23.5 Å². The summed E-state index contributed by atoms with van der Waals surface area (Å²) in [6.45, 7) is 1.42. The first-order valence-electron chi connectivity index (χ1n) is 9.25. The Kier molecular flexibility index (Phi) is 8.26. The number of thiazole rings is 1. The molecule has 0 spiro atoms. The third-order valence-electron chi connectivity index (χ3n) is 4.29. The number of halogens is 1. The van der Waals surface area contributed by atoms with E-state index in [0.29, 0.717) is 13.0 Å². The second kappa shape index (κ2) is 10.7. The number of rotatable bonds is 9. The number of amides is 1. The lowest BCUT2D eigenvalue weighted by Gasteiger charge is -2.22. The highest BCUT2D eigenvalue weighted by Gasteiger charge is 2.20. The van der Waals surface area contributed by atoms with Crippen LogP contribution < -0.4 is 4.90 Å². The lowest BCUT2D eigenvalue weighted by Crippen LogP contribution is -2.36. The number of benzene rings is 2. The summed E-state index contributed by atoms with van der Waals surface area (Å²) in [5, 5.41) is 1.51. The van der Waals surface area contributed by atoms with E-state index >= 15 is 0 Å². The quantitative estimate of drug-likeness (QED) is 0.376. The largest absolute Gasteiger partial charge is 0.308 e. The van der Waals surface area contributed by atoms with Crippen molar-refractivity contribution < 1.29 is 4.79 Å². The average molecular weight is 466 g/mol. The fourth-order valence-corrected chi connectivity index (χ4v) is 5.37. The van der Waals surface area contributed by atoms with Gasteiger partial charge in [0.2, 0.25) is 5.91 Å². The van der Waals surface area contributed by atoms with Crippen molar-refractivity contribution in [1.29, 1.82) is 0 Å². The number of likely N-dealkylation sites (N-methyl/N-ethyl adjacent to an activating group) is 1. The van der Waals surface area contributed by atoms with Gasteiger partial charge in [-0.05, 0) is 56.7 Å². The van der Waals surface area contributed by atoms with Crippen molar-refractivity contribution >= 4 is 67.7 Å². The molecule has 0 atom stereocenters. The Balaban J connectivity index is 1.73. The predicted molar refractivity (Wildman–Crippen MR) is 129 cm³/mol. The molecule has 3 rings (SSSR count). The van der Waals surface area contributed by atoms with Crippen LogP contribution in [0.25, 0.3) is 10.2 Å². The number of hydrogen-bond donors (Lipinski definition) is 0. The van der Waals surface area contributed by atoms with Crippen LogP contribution in [0, 0.1) is 0 Å². The third-order valence-corrected chi connectivity index (χ3v) is 7.37. The van der Waals surface area contributed by atoms with Crippen LogP contribution in [0.3, 0.4) is 0 Å². The maximum absolute atomic E-state index is 13.1. The zero-order valence-corrected chi connectivity index (χ0v) is 19.9. The van der Waals surface area contributed by atoms with Crippen LogP contribution in [0.1, 0.15) is 6.42 Å². The lowest BCUT2D eigenvalue weighted by molar-refractivity contribution is -0.118. The van der Waals surface area contributed by atoms with Crippen molar-refractivity contribution in [2.45, 2.75) is 16.2 Å². The highest BCUT2D eigenvalue weighted by Crippen LogP contribution is 2.34. The number of aromatic nitrogens is 1. The van der Waals surface area contributed by atoms with Crippen molar-refractivity contribution in [3.63, 3.8) is 0 Å². The minimum Gasteiger partial charge on any atom is -0.308 e. The number of hydrogen-bond acceptors (Lipinski definition) is 6. The average Bonchev–Trinajstić information content (AvgIpc) is 3.13. The molecule has 29 heavy (non-hydrogen) atoms. The monoisotopic (exact) mass is 465 g/mol. The molecule has 0 saturated heterocycles. The summed E-state index contributed by atoms with van der Waals surface area (Å²) in [6, 6.07) is 13.9. The van der Waals surface area contributed by atoms with Gasteiger partial charge in [0.15, 0.2) is 5.13 Å². The second-order valence-corrected chi connectivity index (χ2v) is 10.2. The first kappa shape index (κ1) is 22.4. The van der Waals surface area contributed by atoms with Crippen molar-refractivity contribution in [3.05, 3.63) is 47.5 Å². The predicted octanol–water partition coefficient (Wildman–Crippen LogP) is 5.75. The van der Waals surface area contributed by atoms with Gasteiger partial charge < -0.3 is 4.90 Å². The highest BCUT2D eigenvalue weighted by atomic mass is 35.5. The smallest absolute Gasteiger partial charge is 0.229 e. The fraction of sp³-hybridized carbons (Fsp3) is 0.333. The molecule has 0 aliphatic rings. The number of thioether (sulfide) groups is 2. The van der Waals surface area contributed by atoms with E-state index in [1.807, 2.05) is 49.3 Å². The van der Waals surface area contributed by atoms with Gasteiger partial charge in [-0.3, -0.25) is 9.69 Å². The second-order valence-electron chi connectivity index (χ2n) is 6.70. The number of carbonyl (C=O) groups is 1. The van der Waals surface area contributed by atoms with E-state index < -0.39 is 0 Å². The molecule has 0 fully saturated rings. The maximum atomic E-state index is 13.1. The van der Waals surface area contributed by atoms with Crippen molar-refractivity contribution in [1.82, 2.24) is 9.88 Å². The molecule has 0 aliphatic carbocycles. The molecule has 4 nitrogen and oxygen atoms in total. The number of fused-ring (bicyclic) bond motifs is 1. The van der Waals surface area contributed by atoms with Crippen molar-refractivity contribution in [2.75, 3.05) is 44.1 Å². The number of nitrogens with zero attached hydrogens (tertiary/aromatic N) is 3. The van der Waals surface area contributed by atoms with Gasteiger partial charge in [-0.1, -0.05) is 29.0 Å². The van der Waals surface area contributed by atoms with Crippen LogP contribution in [0.2, 0.25) is 5.02 Å². The minimum absolute atomic E-state index is 0.109. The molecule has 0 unspecified atom stereocenters. The van der Waals surface area contributed by atoms with E-state index in [1.165, 1.54) is 0 Å². The molecule has 2 aromatic carbocycles. The maximum Gasteiger partial charge on any atom is 0.229 e. The van der Waals surface area contributed by atoms with E-state index in [0.717, 1.165) is 42.5 Å². The molecular formula is C21H24ClN3OS3. The molecule has 3 aromatic rings. The Morgan fingerprint density at radius 3 is 2.59 bits per heavy atom. The molecule has 1 heterocycles. The van der Waals surface area contributed by atoms with Crippen LogP contribution in [-0.4, -0.2) is 55.0 Å². The Morgan fingerprint density at radius 1 is 1.14 bits per heavy atom. The summed E-state index contributed by atoms with van der Waals surface area (Å²) in [5.74, 6) is 0.831. The zero-order chi connectivity index (χ0) is 20.8. The summed E-state index contributed by atoms with van der Waals surface area (Å²) < 4.78 is 1.12. The van der Waals surface area contributed by atoms with Crippen LogP contribution in [-0.2, 0) is 4.79 Å². The molecular weight excluding hydrogens is 442 g/mol. The van der Waals surface area contributed by atoms with E-state index in [2.05, 4.69) is 23.3 Å². The van der Waals surface area contributed by atoms with Gasteiger partial charge in [0, 0.05) is 40.1 Å². The molecule has 1 amide bonds. The fourth-order valence-electron chi connectivity index (χ4n) is 2.74. The summed E-state index contributed by atoms with van der Waals surface area (Å²) in [7, 11) is 4.03. The molecule has 0 aliphatic heterocycles. The van der Waals surface area contributed by atoms with E-state index in [-0.39, 0.29) is 5.91 Å². The normalized spacial score (nSPS) is 11.3. The molecule has 0 N–H and O–H groups in total. The van der Waals surface area contributed by atoms with Crippen LogP contribution in [0.4, 0.5) is 5.13 Å². The third kappa shape index (κ3) is 6.12. The zero-order valence-electron chi connectivity index (χ0n) is 16.7. The molecule has 1 aromatic heterocycles. The van der Waals surface area contributed by atoms with E-state index in [9.17, 15) is 4.79 Å². The molecule has 8 heteroatoms. The van der Waals surface area contributed by atoms with Gasteiger partial charge in [0.25, 0.3) is 0 Å². The standard InChI is InChI=1S/C21H24ClN3OS3/c1-24(2)12-13-25(19(26)11-14-28-16-9-7-15(22)8-10-16)21-23-20-17(27-3)5-4-6-18(20)29-21/h4-10H,11-14H2,1-3H3. The van der Waals surface area contributed by atoms with E-state index in [1.54, 1.807) is 34.9 Å². The summed E-state index contributed by atoms with van der Waals surface area (Å²) >= 11 is 10.9. The van der Waals surface area contributed by atoms with E-state index in [4.69, 9.17) is 16.6 Å². The van der Waals surface area contributed by atoms with Gasteiger partial charge in [-0.2, -0.15) is 0 Å². The first-order chi connectivity index (χ1) is 14.0. The Morgan fingerprint density at radius 2 is 1.90 bits per heavy atom. The molecule has 0 radical (unpaired) electrons. The lowest BCUT2D eigenvalue weighted by atomic mass is 10.3.